The van der Waals surface area contributed by atoms with Gasteiger partial charge in [0, 0.05) is 13.2 Å². The quantitative estimate of drug-likeness (QED) is 0.903. The van der Waals surface area contributed by atoms with Gasteiger partial charge in [0.05, 0.1) is 38.7 Å². The normalized spacial score (nSPS) is 12.7. The van der Waals surface area contributed by atoms with Crippen LogP contribution in [0.3, 0.4) is 0 Å². The van der Waals surface area contributed by atoms with E-state index in [1.807, 2.05) is 7.05 Å². The lowest BCUT2D eigenvalue weighted by Gasteiger charge is -2.20. The molecule has 1 N–H and O–H groups in total. The third-order valence-electron chi connectivity index (χ3n) is 2.92. The molecule has 0 amide bonds. The van der Waals surface area contributed by atoms with Crippen molar-refractivity contribution in [3.63, 3.8) is 0 Å². The van der Waals surface area contributed by atoms with Crippen LogP contribution in [0.2, 0.25) is 15.1 Å². The fourth-order valence-electron chi connectivity index (χ4n) is 1.99. The molecule has 1 atom stereocenters. The van der Waals surface area contributed by atoms with Crippen LogP contribution < -0.4 is 5.32 Å². The molecule has 0 radical (unpaired) electrons. The van der Waals surface area contributed by atoms with E-state index in [4.69, 9.17) is 34.8 Å². The number of rotatable bonds is 5. The summed E-state index contributed by atoms with van der Waals surface area (Å²) < 4.78 is 1.72. The van der Waals surface area contributed by atoms with Gasteiger partial charge in [-0.2, -0.15) is 5.10 Å². The van der Waals surface area contributed by atoms with Crippen LogP contribution in [-0.2, 0) is 7.05 Å². The van der Waals surface area contributed by atoms with Gasteiger partial charge in [0.2, 0.25) is 0 Å². The SMILES string of the molecule is CCCNC(c1ncc(Cl)cc1Cl)c1c(Cl)cnn1C. The fraction of sp³-hybridized carbons (Fsp3) is 0.385. The summed E-state index contributed by atoms with van der Waals surface area (Å²) in [5.74, 6) is 0. The number of hydrogen-bond donors (Lipinski definition) is 1. The standard InChI is InChI=1S/C13H15Cl3N4/c1-3-4-17-12(13-10(16)7-19-20(13)2)11-9(15)5-8(14)6-18-11/h5-7,12,17H,3-4H2,1-2H3. The number of aromatic nitrogens is 3. The molecular weight excluding hydrogens is 319 g/mol. The highest BCUT2D eigenvalue weighted by Gasteiger charge is 2.24. The topological polar surface area (TPSA) is 42.7 Å². The Bertz CT molecular complexity index is 578. The maximum Gasteiger partial charge on any atom is 0.0952 e. The Kier molecular flexibility index (Phi) is 5.27. The smallest absolute Gasteiger partial charge is 0.0952 e. The van der Waals surface area contributed by atoms with Crippen molar-refractivity contribution >= 4 is 34.8 Å². The second-order valence-corrected chi connectivity index (χ2v) is 5.66. The number of aryl methyl sites for hydroxylation is 1. The molecule has 0 aliphatic heterocycles. The maximum atomic E-state index is 6.27. The zero-order valence-corrected chi connectivity index (χ0v) is 13.5. The predicted molar refractivity (Wildman–Crippen MR) is 82.6 cm³/mol. The second-order valence-electron chi connectivity index (χ2n) is 4.41. The third-order valence-corrected chi connectivity index (χ3v) is 3.72. The first kappa shape index (κ1) is 15.6. The Balaban J connectivity index is 2.47. The van der Waals surface area contributed by atoms with Gasteiger partial charge < -0.3 is 5.32 Å². The van der Waals surface area contributed by atoms with Crippen molar-refractivity contribution in [2.45, 2.75) is 19.4 Å². The van der Waals surface area contributed by atoms with E-state index in [2.05, 4.69) is 22.3 Å². The van der Waals surface area contributed by atoms with Gasteiger partial charge in [-0.05, 0) is 19.0 Å². The van der Waals surface area contributed by atoms with E-state index in [-0.39, 0.29) is 6.04 Å². The average Bonchev–Trinajstić information content (AvgIpc) is 2.72. The molecule has 108 valence electrons. The van der Waals surface area contributed by atoms with Crippen LogP contribution in [0.4, 0.5) is 0 Å². The minimum absolute atomic E-state index is 0.222. The van der Waals surface area contributed by atoms with Crippen molar-refractivity contribution in [1.82, 2.24) is 20.1 Å². The van der Waals surface area contributed by atoms with Crippen molar-refractivity contribution in [2.75, 3.05) is 6.54 Å². The number of pyridine rings is 1. The molecule has 0 aliphatic rings. The van der Waals surface area contributed by atoms with Crippen LogP contribution in [-0.4, -0.2) is 21.3 Å². The fourth-order valence-corrected chi connectivity index (χ4v) is 2.76. The lowest BCUT2D eigenvalue weighted by molar-refractivity contribution is 0.544. The van der Waals surface area contributed by atoms with E-state index in [1.165, 1.54) is 0 Å². The van der Waals surface area contributed by atoms with E-state index >= 15 is 0 Å². The summed E-state index contributed by atoms with van der Waals surface area (Å²) in [6.07, 6.45) is 4.17. The summed E-state index contributed by atoms with van der Waals surface area (Å²) in [7, 11) is 1.84. The van der Waals surface area contributed by atoms with Crippen LogP contribution >= 0.6 is 34.8 Å². The van der Waals surface area contributed by atoms with Crippen LogP contribution in [0.25, 0.3) is 0 Å². The Morgan fingerprint density at radius 1 is 1.25 bits per heavy atom. The molecule has 2 aromatic heterocycles. The molecule has 0 saturated carbocycles. The Hall–Kier alpha value is -0.810. The molecule has 2 heterocycles. The molecule has 0 spiro atoms. The van der Waals surface area contributed by atoms with Crippen LogP contribution in [0.1, 0.15) is 30.8 Å². The first-order valence-corrected chi connectivity index (χ1v) is 7.39. The Labute approximate surface area is 133 Å². The number of halogens is 3. The number of nitrogens with one attached hydrogen (secondary N) is 1. The summed E-state index contributed by atoms with van der Waals surface area (Å²) in [6, 6.07) is 1.45. The van der Waals surface area contributed by atoms with Crippen LogP contribution in [0.5, 0.6) is 0 Å². The van der Waals surface area contributed by atoms with Gasteiger partial charge in [0.25, 0.3) is 0 Å². The molecule has 0 aliphatic carbocycles. The highest BCUT2D eigenvalue weighted by atomic mass is 35.5. The number of nitrogens with zero attached hydrogens (tertiary/aromatic N) is 3. The van der Waals surface area contributed by atoms with Gasteiger partial charge in [-0.15, -0.1) is 0 Å². The zero-order chi connectivity index (χ0) is 14.7. The van der Waals surface area contributed by atoms with E-state index in [1.54, 1.807) is 23.1 Å². The molecule has 0 fully saturated rings. The molecule has 2 aromatic rings. The first-order chi connectivity index (χ1) is 9.54. The summed E-state index contributed by atoms with van der Waals surface area (Å²) in [6.45, 7) is 2.90. The molecular formula is C13H15Cl3N4. The minimum atomic E-state index is -0.222. The Morgan fingerprint density at radius 2 is 2.00 bits per heavy atom. The lowest BCUT2D eigenvalue weighted by atomic mass is 10.1. The second kappa shape index (κ2) is 6.76. The van der Waals surface area contributed by atoms with Crippen molar-refractivity contribution in [3.05, 3.63) is 44.9 Å². The van der Waals surface area contributed by atoms with Gasteiger partial charge in [-0.3, -0.25) is 9.67 Å². The zero-order valence-electron chi connectivity index (χ0n) is 11.2. The van der Waals surface area contributed by atoms with Crippen molar-refractivity contribution in [3.8, 4) is 0 Å². The van der Waals surface area contributed by atoms with Crippen LogP contribution in [0.15, 0.2) is 18.5 Å². The van der Waals surface area contributed by atoms with Gasteiger partial charge in [0.1, 0.15) is 0 Å². The van der Waals surface area contributed by atoms with Gasteiger partial charge in [0.15, 0.2) is 0 Å². The van der Waals surface area contributed by atoms with E-state index in [0.29, 0.717) is 20.8 Å². The molecule has 0 bridgehead atoms. The van der Waals surface area contributed by atoms with Gasteiger partial charge in [-0.1, -0.05) is 41.7 Å². The first-order valence-electron chi connectivity index (χ1n) is 6.26. The molecule has 0 saturated heterocycles. The lowest BCUT2D eigenvalue weighted by Crippen LogP contribution is -2.26. The van der Waals surface area contributed by atoms with Gasteiger partial charge in [-0.25, -0.2) is 0 Å². The minimum Gasteiger partial charge on any atom is -0.304 e. The molecule has 2 rings (SSSR count). The van der Waals surface area contributed by atoms with E-state index in [0.717, 1.165) is 18.7 Å². The predicted octanol–water partition coefficient (Wildman–Crippen LogP) is 3.86. The maximum absolute atomic E-state index is 6.27. The molecule has 7 heteroatoms. The molecule has 1 unspecified atom stereocenters. The van der Waals surface area contributed by atoms with Gasteiger partial charge >= 0.3 is 0 Å². The van der Waals surface area contributed by atoms with Crippen molar-refractivity contribution in [2.24, 2.45) is 7.05 Å². The molecule has 20 heavy (non-hydrogen) atoms. The van der Waals surface area contributed by atoms with E-state index < -0.39 is 0 Å². The highest BCUT2D eigenvalue weighted by Crippen LogP contribution is 2.31. The molecule has 0 aromatic carbocycles. The summed E-state index contributed by atoms with van der Waals surface area (Å²) in [5, 5.41) is 9.15. The highest BCUT2D eigenvalue weighted by molar-refractivity contribution is 6.35. The summed E-state index contributed by atoms with van der Waals surface area (Å²) in [5.41, 5.74) is 1.52. The van der Waals surface area contributed by atoms with Crippen molar-refractivity contribution < 1.29 is 0 Å². The average molecular weight is 334 g/mol. The Morgan fingerprint density at radius 3 is 2.55 bits per heavy atom. The third kappa shape index (κ3) is 3.26. The van der Waals surface area contributed by atoms with Crippen LogP contribution in [0, 0.1) is 0 Å². The largest absolute Gasteiger partial charge is 0.304 e. The summed E-state index contributed by atoms with van der Waals surface area (Å²) >= 11 is 18.4. The van der Waals surface area contributed by atoms with E-state index in [9.17, 15) is 0 Å². The monoisotopic (exact) mass is 332 g/mol. The summed E-state index contributed by atoms with van der Waals surface area (Å²) in [4.78, 5) is 4.34. The number of hydrogen-bond acceptors (Lipinski definition) is 3. The molecule has 4 nitrogen and oxygen atoms in total. The van der Waals surface area contributed by atoms with Crippen molar-refractivity contribution in [1.29, 1.82) is 0 Å².